The summed E-state index contributed by atoms with van der Waals surface area (Å²) in [6.07, 6.45) is 3.33. The molecule has 1 saturated heterocycles. The van der Waals surface area contributed by atoms with Crippen LogP contribution in [-0.2, 0) is 19.0 Å². The van der Waals surface area contributed by atoms with Gasteiger partial charge in [-0.1, -0.05) is 15.9 Å². The maximum atomic E-state index is 12.1. The number of esters is 1. The minimum Gasteiger partial charge on any atom is -0.465 e. The molecule has 0 aromatic carbocycles. The van der Waals surface area contributed by atoms with Crippen LogP contribution in [0.1, 0.15) is 26.7 Å². The van der Waals surface area contributed by atoms with Crippen LogP contribution in [0.4, 0.5) is 0 Å². The number of alkyl halides is 1. The van der Waals surface area contributed by atoms with Crippen molar-refractivity contribution in [3.63, 3.8) is 0 Å². The van der Waals surface area contributed by atoms with Crippen LogP contribution in [0.25, 0.3) is 0 Å². The lowest BCUT2D eigenvalue weighted by molar-refractivity contribution is -0.160. The molecule has 1 aliphatic heterocycles. The highest BCUT2D eigenvalue weighted by molar-refractivity contribution is 9.09. The molecule has 1 unspecified atom stereocenters. The van der Waals surface area contributed by atoms with Gasteiger partial charge < -0.3 is 14.2 Å². The minimum atomic E-state index is -0.616. The van der Waals surface area contributed by atoms with E-state index >= 15 is 0 Å². The molecule has 102 valence electrons. The molecule has 1 aliphatic carbocycles. The van der Waals surface area contributed by atoms with Crippen LogP contribution in [0.3, 0.4) is 0 Å². The van der Waals surface area contributed by atoms with Crippen LogP contribution in [0.5, 0.6) is 0 Å². The molecule has 2 aliphatic rings. The molecule has 1 heterocycles. The summed E-state index contributed by atoms with van der Waals surface area (Å²) in [4.78, 5) is 12.1. The minimum absolute atomic E-state index is 0.163. The van der Waals surface area contributed by atoms with E-state index < -0.39 is 11.2 Å². The second-order valence-electron chi connectivity index (χ2n) is 4.86. The fourth-order valence-corrected chi connectivity index (χ4v) is 3.27. The van der Waals surface area contributed by atoms with Gasteiger partial charge in [0.2, 0.25) is 0 Å². The van der Waals surface area contributed by atoms with Crippen molar-refractivity contribution in [3.05, 3.63) is 11.6 Å². The van der Waals surface area contributed by atoms with Crippen molar-refractivity contribution in [2.45, 2.75) is 32.5 Å². The highest BCUT2D eigenvalue weighted by Crippen LogP contribution is 2.45. The van der Waals surface area contributed by atoms with Crippen LogP contribution >= 0.6 is 15.9 Å². The second-order valence-corrected chi connectivity index (χ2v) is 5.43. The largest absolute Gasteiger partial charge is 0.465 e. The maximum Gasteiger partial charge on any atom is 0.315 e. The van der Waals surface area contributed by atoms with Crippen LogP contribution in [-0.4, -0.2) is 36.9 Å². The molecule has 18 heavy (non-hydrogen) atoms. The van der Waals surface area contributed by atoms with Crippen LogP contribution < -0.4 is 0 Å². The summed E-state index contributed by atoms with van der Waals surface area (Å²) in [5.41, 5.74) is 0.411. The van der Waals surface area contributed by atoms with Gasteiger partial charge in [0.1, 0.15) is 0 Å². The lowest BCUT2D eigenvalue weighted by Gasteiger charge is -2.39. The quantitative estimate of drug-likeness (QED) is 0.455. The average Bonchev–Trinajstić information content (AvgIpc) is 2.81. The van der Waals surface area contributed by atoms with Crippen molar-refractivity contribution in [2.24, 2.45) is 5.41 Å². The lowest BCUT2D eigenvalue weighted by Crippen LogP contribution is -2.42. The van der Waals surface area contributed by atoms with E-state index in [4.69, 9.17) is 14.2 Å². The number of hydrogen-bond donors (Lipinski definition) is 0. The van der Waals surface area contributed by atoms with Gasteiger partial charge in [0.05, 0.1) is 25.2 Å². The Bertz CT molecular complexity index is 360. The molecule has 1 spiro atoms. The van der Waals surface area contributed by atoms with E-state index in [0.717, 1.165) is 5.57 Å². The fourth-order valence-electron chi connectivity index (χ4n) is 2.49. The van der Waals surface area contributed by atoms with Gasteiger partial charge in [-0.05, 0) is 31.9 Å². The van der Waals surface area contributed by atoms with Gasteiger partial charge in [-0.15, -0.1) is 0 Å². The molecule has 0 saturated carbocycles. The zero-order valence-corrected chi connectivity index (χ0v) is 12.4. The number of carbonyl (C=O) groups is 1. The molecule has 0 N–H and O–H groups in total. The third-order valence-electron chi connectivity index (χ3n) is 3.72. The first-order valence-electron chi connectivity index (χ1n) is 6.29. The predicted octanol–water partition coefficient (Wildman–Crippen LogP) is 2.41. The number of hydrogen-bond acceptors (Lipinski definition) is 4. The Hall–Kier alpha value is -0.390. The molecular weight excluding hydrogens is 300 g/mol. The van der Waals surface area contributed by atoms with E-state index in [2.05, 4.69) is 15.9 Å². The summed E-state index contributed by atoms with van der Waals surface area (Å²) in [6, 6.07) is 0. The molecule has 0 aromatic heterocycles. The Balaban J connectivity index is 2.26. The molecule has 0 radical (unpaired) electrons. The third kappa shape index (κ3) is 2.36. The standard InChI is InChI=1S/C13H19BrO4/c1-3-16-11(15)12(2)4-5-13(8-10(12)9-14)17-6-7-18-13/h8H,3-7,9H2,1-2H3. The van der Waals surface area contributed by atoms with Gasteiger partial charge in [0, 0.05) is 11.8 Å². The Kier molecular flexibility index (Phi) is 4.14. The summed E-state index contributed by atoms with van der Waals surface area (Å²) in [5, 5.41) is 0.622. The van der Waals surface area contributed by atoms with E-state index in [1.54, 1.807) is 0 Å². The van der Waals surface area contributed by atoms with Gasteiger partial charge in [-0.25, -0.2) is 0 Å². The first-order valence-corrected chi connectivity index (χ1v) is 7.42. The van der Waals surface area contributed by atoms with Gasteiger partial charge in [0.15, 0.2) is 5.79 Å². The number of carbonyl (C=O) groups excluding carboxylic acids is 1. The Morgan fingerprint density at radius 1 is 1.44 bits per heavy atom. The normalized spacial score (nSPS) is 30.3. The monoisotopic (exact) mass is 318 g/mol. The SMILES string of the molecule is CCOC(=O)C1(C)CCC2(C=C1CBr)OCCO2. The molecule has 1 fully saturated rings. The molecule has 0 aromatic rings. The zero-order chi connectivity index (χ0) is 13.2. The van der Waals surface area contributed by atoms with E-state index in [9.17, 15) is 4.79 Å². The van der Waals surface area contributed by atoms with Crippen molar-refractivity contribution >= 4 is 21.9 Å². The van der Waals surface area contributed by atoms with E-state index in [-0.39, 0.29) is 5.97 Å². The van der Waals surface area contributed by atoms with Gasteiger partial charge in [-0.3, -0.25) is 4.79 Å². The molecule has 5 heteroatoms. The number of rotatable bonds is 3. The number of ether oxygens (including phenoxy) is 3. The third-order valence-corrected chi connectivity index (χ3v) is 4.33. The molecule has 4 nitrogen and oxygen atoms in total. The van der Waals surface area contributed by atoms with Gasteiger partial charge in [-0.2, -0.15) is 0 Å². The molecule has 0 amide bonds. The summed E-state index contributed by atoms with van der Waals surface area (Å²) in [7, 11) is 0. The van der Waals surface area contributed by atoms with Crippen molar-refractivity contribution < 1.29 is 19.0 Å². The van der Waals surface area contributed by atoms with E-state index in [0.29, 0.717) is 38.0 Å². The fraction of sp³-hybridized carbons (Fsp3) is 0.769. The first-order chi connectivity index (χ1) is 8.56. The Labute approximate surface area is 116 Å². The first kappa shape index (κ1) is 14.0. The van der Waals surface area contributed by atoms with Crippen LogP contribution in [0.2, 0.25) is 0 Å². The summed E-state index contributed by atoms with van der Waals surface area (Å²) in [5.74, 6) is -0.779. The van der Waals surface area contributed by atoms with Crippen molar-refractivity contribution in [1.29, 1.82) is 0 Å². The smallest absolute Gasteiger partial charge is 0.315 e. The lowest BCUT2D eigenvalue weighted by atomic mass is 9.73. The van der Waals surface area contributed by atoms with Crippen LogP contribution in [0.15, 0.2) is 11.6 Å². The van der Waals surface area contributed by atoms with Gasteiger partial charge >= 0.3 is 5.97 Å². The zero-order valence-electron chi connectivity index (χ0n) is 10.8. The van der Waals surface area contributed by atoms with E-state index in [1.165, 1.54) is 0 Å². The Morgan fingerprint density at radius 3 is 2.67 bits per heavy atom. The topological polar surface area (TPSA) is 44.8 Å². The Morgan fingerprint density at radius 2 is 2.11 bits per heavy atom. The second kappa shape index (κ2) is 5.31. The molecule has 2 rings (SSSR count). The van der Waals surface area contributed by atoms with Crippen molar-refractivity contribution in [3.8, 4) is 0 Å². The summed E-state index contributed by atoms with van der Waals surface area (Å²) in [6.45, 7) is 5.39. The predicted molar refractivity (Wildman–Crippen MR) is 70.5 cm³/mol. The van der Waals surface area contributed by atoms with E-state index in [1.807, 2.05) is 19.9 Å². The van der Waals surface area contributed by atoms with Crippen molar-refractivity contribution in [1.82, 2.24) is 0 Å². The molecular formula is C13H19BrO4. The number of halogens is 1. The summed E-state index contributed by atoms with van der Waals surface area (Å²) < 4.78 is 16.5. The molecule has 0 bridgehead atoms. The summed E-state index contributed by atoms with van der Waals surface area (Å²) >= 11 is 3.45. The maximum absolute atomic E-state index is 12.1. The average molecular weight is 319 g/mol. The highest BCUT2D eigenvalue weighted by Gasteiger charge is 2.48. The van der Waals surface area contributed by atoms with Crippen LogP contribution in [0, 0.1) is 5.41 Å². The van der Waals surface area contributed by atoms with Crippen molar-refractivity contribution in [2.75, 3.05) is 25.2 Å². The molecule has 1 atom stereocenters. The van der Waals surface area contributed by atoms with Gasteiger partial charge in [0.25, 0.3) is 0 Å². The highest BCUT2D eigenvalue weighted by atomic mass is 79.9.